The number of carbonyl (C=O) groups excluding carboxylic acids is 1. The minimum atomic E-state index is -1.22. The van der Waals surface area contributed by atoms with Crippen LogP contribution >= 0.6 is 0 Å². The molecule has 0 aliphatic carbocycles. The van der Waals surface area contributed by atoms with Crippen molar-refractivity contribution in [2.75, 3.05) is 0 Å². The van der Waals surface area contributed by atoms with Crippen molar-refractivity contribution in [3.05, 3.63) is 0 Å². The molecule has 0 aromatic carbocycles. The lowest BCUT2D eigenvalue weighted by molar-refractivity contribution is -0.133. The molecule has 0 heterocycles. The number of Topliss-reactive ketones (excluding diaryl/α,β-unsaturated/α-hetero) is 1. The van der Waals surface area contributed by atoms with Gasteiger partial charge in [0.1, 0.15) is 6.10 Å². The van der Waals surface area contributed by atoms with Crippen LogP contribution in [-0.4, -0.2) is 28.2 Å². The molecule has 26 heavy (non-hydrogen) atoms. The standard InChI is InChI=1S/C23H46O3/c1-17(2)10-7-11-18(3)12-8-13-19(4)14-9-15-20(5)16-22(25)23(26)21(6)24/h17-21,23-24,26H,7-16H2,1-6H3. The Balaban J connectivity index is 3.73. The smallest absolute Gasteiger partial charge is 0.164 e. The molecular formula is C23H46O3. The molecule has 0 aliphatic heterocycles. The number of ketones is 1. The third-order valence-electron chi connectivity index (χ3n) is 5.60. The van der Waals surface area contributed by atoms with Crippen LogP contribution in [0.2, 0.25) is 0 Å². The Labute approximate surface area is 163 Å². The fourth-order valence-electron chi connectivity index (χ4n) is 3.63. The van der Waals surface area contributed by atoms with Gasteiger partial charge >= 0.3 is 0 Å². The number of carbonyl (C=O) groups is 1. The number of rotatable bonds is 16. The quantitative estimate of drug-likeness (QED) is 0.363. The highest BCUT2D eigenvalue weighted by Gasteiger charge is 2.22. The zero-order valence-electron chi connectivity index (χ0n) is 18.3. The summed E-state index contributed by atoms with van der Waals surface area (Å²) in [6, 6.07) is 0. The summed E-state index contributed by atoms with van der Waals surface area (Å²) < 4.78 is 0. The van der Waals surface area contributed by atoms with E-state index in [1.165, 1.54) is 51.9 Å². The second-order valence-corrected chi connectivity index (χ2v) is 9.36. The van der Waals surface area contributed by atoms with Crippen molar-refractivity contribution in [3.8, 4) is 0 Å². The number of aliphatic hydroxyl groups is 2. The molecule has 0 aromatic rings. The maximum absolute atomic E-state index is 11.8. The molecule has 0 spiro atoms. The van der Waals surface area contributed by atoms with Crippen molar-refractivity contribution in [2.24, 2.45) is 23.7 Å². The molecule has 0 aromatic heterocycles. The van der Waals surface area contributed by atoms with Crippen molar-refractivity contribution in [1.82, 2.24) is 0 Å². The van der Waals surface area contributed by atoms with Gasteiger partial charge in [-0.25, -0.2) is 0 Å². The van der Waals surface area contributed by atoms with Gasteiger partial charge in [0.05, 0.1) is 6.10 Å². The predicted octanol–water partition coefficient (Wildman–Crippen LogP) is 5.76. The predicted molar refractivity (Wildman–Crippen MR) is 111 cm³/mol. The highest BCUT2D eigenvalue weighted by atomic mass is 16.3. The van der Waals surface area contributed by atoms with E-state index in [2.05, 4.69) is 34.6 Å². The Kier molecular flexibility index (Phi) is 14.4. The Morgan fingerprint density at radius 2 is 1.04 bits per heavy atom. The van der Waals surface area contributed by atoms with Gasteiger partial charge in [0.25, 0.3) is 0 Å². The lowest BCUT2D eigenvalue weighted by Crippen LogP contribution is -2.32. The third-order valence-corrected chi connectivity index (χ3v) is 5.60. The van der Waals surface area contributed by atoms with Gasteiger partial charge in [0.15, 0.2) is 5.78 Å². The summed E-state index contributed by atoms with van der Waals surface area (Å²) in [5.74, 6) is 2.49. The summed E-state index contributed by atoms with van der Waals surface area (Å²) in [4.78, 5) is 11.8. The van der Waals surface area contributed by atoms with Crippen molar-refractivity contribution in [3.63, 3.8) is 0 Å². The molecule has 5 unspecified atom stereocenters. The van der Waals surface area contributed by atoms with Gasteiger partial charge in [-0.2, -0.15) is 0 Å². The van der Waals surface area contributed by atoms with E-state index in [-0.39, 0.29) is 11.7 Å². The molecule has 0 saturated heterocycles. The van der Waals surface area contributed by atoms with Crippen LogP contribution in [0.4, 0.5) is 0 Å². The molecule has 0 saturated carbocycles. The minimum Gasteiger partial charge on any atom is -0.390 e. The summed E-state index contributed by atoms with van der Waals surface area (Å²) in [6.45, 7) is 12.9. The molecule has 0 fully saturated rings. The minimum absolute atomic E-state index is 0.230. The lowest BCUT2D eigenvalue weighted by atomic mass is 9.90. The summed E-state index contributed by atoms with van der Waals surface area (Å²) in [5.41, 5.74) is 0. The Morgan fingerprint density at radius 1 is 0.654 bits per heavy atom. The van der Waals surface area contributed by atoms with Crippen molar-refractivity contribution < 1.29 is 15.0 Å². The Hall–Kier alpha value is -0.410. The summed E-state index contributed by atoms with van der Waals surface area (Å²) in [5, 5.41) is 18.9. The first-order valence-corrected chi connectivity index (χ1v) is 11.0. The van der Waals surface area contributed by atoms with E-state index in [1.54, 1.807) is 0 Å². The van der Waals surface area contributed by atoms with Crippen LogP contribution in [-0.2, 0) is 4.79 Å². The molecule has 5 atom stereocenters. The molecule has 0 radical (unpaired) electrons. The van der Waals surface area contributed by atoms with Gasteiger partial charge in [-0.05, 0) is 30.6 Å². The second-order valence-electron chi connectivity index (χ2n) is 9.36. The molecule has 3 nitrogen and oxygen atoms in total. The van der Waals surface area contributed by atoms with Crippen molar-refractivity contribution in [2.45, 2.75) is 118 Å². The van der Waals surface area contributed by atoms with Gasteiger partial charge in [-0.1, -0.05) is 92.4 Å². The molecule has 0 amide bonds. The summed E-state index contributed by atoms with van der Waals surface area (Å²) in [6.07, 6.45) is 9.65. The topological polar surface area (TPSA) is 57.5 Å². The van der Waals surface area contributed by atoms with Crippen LogP contribution in [0.25, 0.3) is 0 Å². The van der Waals surface area contributed by atoms with Crippen LogP contribution in [0, 0.1) is 23.7 Å². The van der Waals surface area contributed by atoms with E-state index in [1.807, 2.05) is 0 Å². The van der Waals surface area contributed by atoms with Crippen LogP contribution in [0.1, 0.15) is 106 Å². The number of hydrogen-bond acceptors (Lipinski definition) is 3. The van der Waals surface area contributed by atoms with Gasteiger partial charge in [0, 0.05) is 6.42 Å². The largest absolute Gasteiger partial charge is 0.390 e. The first-order valence-electron chi connectivity index (χ1n) is 11.0. The summed E-state index contributed by atoms with van der Waals surface area (Å²) >= 11 is 0. The molecular weight excluding hydrogens is 324 g/mol. The van der Waals surface area contributed by atoms with Gasteiger partial charge < -0.3 is 10.2 Å². The van der Waals surface area contributed by atoms with E-state index in [9.17, 15) is 15.0 Å². The Bertz CT molecular complexity index is 351. The zero-order valence-corrected chi connectivity index (χ0v) is 18.3. The van der Waals surface area contributed by atoms with Crippen molar-refractivity contribution in [1.29, 1.82) is 0 Å². The highest BCUT2D eigenvalue weighted by molar-refractivity contribution is 5.83. The van der Waals surface area contributed by atoms with Crippen LogP contribution in [0.15, 0.2) is 0 Å². The van der Waals surface area contributed by atoms with E-state index in [0.29, 0.717) is 6.42 Å². The SMILES string of the molecule is CC(C)CCCC(C)CCCC(C)CCCC(C)CC(=O)C(O)C(C)O. The molecule has 156 valence electrons. The number of hydrogen-bond donors (Lipinski definition) is 2. The fraction of sp³-hybridized carbons (Fsp3) is 0.957. The maximum atomic E-state index is 11.8. The van der Waals surface area contributed by atoms with Gasteiger partial charge in [-0.3, -0.25) is 4.79 Å². The van der Waals surface area contributed by atoms with Crippen LogP contribution in [0.5, 0.6) is 0 Å². The highest BCUT2D eigenvalue weighted by Crippen LogP contribution is 2.23. The molecule has 3 heteroatoms. The molecule has 0 aliphatic rings. The molecule has 2 N–H and O–H groups in total. The first-order chi connectivity index (χ1) is 12.1. The monoisotopic (exact) mass is 370 g/mol. The van der Waals surface area contributed by atoms with Crippen LogP contribution < -0.4 is 0 Å². The average molecular weight is 371 g/mol. The second kappa shape index (κ2) is 14.6. The van der Waals surface area contributed by atoms with E-state index in [0.717, 1.165) is 30.6 Å². The Morgan fingerprint density at radius 3 is 1.42 bits per heavy atom. The zero-order chi connectivity index (χ0) is 20.1. The molecule has 0 rings (SSSR count). The molecule has 0 bridgehead atoms. The average Bonchev–Trinajstić information content (AvgIpc) is 2.53. The summed E-state index contributed by atoms with van der Waals surface area (Å²) in [7, 11) is 0. The van der Waals surface area contributed by atoms with Gasteiger partial charge in [0.2, 0.25) is 0 Å². The van der Waals surface area contributed by atoms with Crippen molar-refractivity contribution >= 4 is 5.78 Å². The first kappa shape index (κ1) is 25.6. The van der Waals surface area contributed by atoms with E-state index in [4.69, 9.17) is 0 Å². The maximum Gasteiger partial charge on any atom is 0.164 e. The van der Waals surface area contributed by atoms with E-state index >= 15 is 0 Å². The van der Waals surface area contributed by atoms with Crippen LogP contribution in [0.3, 0.4) is 0 Å². The van der Waals surface area contributed by atoms with Gasteiger partial charge in [-0.15, -0.1) is 0 Å². The third kappa shape index (κ3) is 13.7. The lowest BCUT2D eigenvalue weighted by Gasteiger charge is -2.17. The normalized spacial score (nSPS) is 17.7. The van der Waals surface area contributed by atoms with E-state index < -0.39 is 12.2 Å². The number of aliphatic hydroxyl groups excluding tert-OH is 2. The fourth-order valence-corrected chi connectivity index (χ4v) is 3.63.